The Morgan fingerprint density at radius 1 is 1.50 bits per heavy atom. The molecule has 2 aromatic heterocycles. The van der Waals surface area contributed by atoms with E-state index in [-0.39, 0.29) is 11.9 Å². The number of likely N-dealkylation sites (tertiary alicyclic amines) is 1. The zero-order chi connectivity index (χ0) is 15.5. The highest BCUT2D eigenvalue weighted by Crippen LogP contribution is 2.28. The van der Waals surface area contributed by atoms with Crippen LogP contribution in [0.3, 0.4) is 0 Å². The number of aromatic nitrogens is 1. The Morgan fingerprint density at radius 2 is 2.36 bits per heavy atom. The van der Waals surface area contributed by atoms with Gasteiger partial charge in [-0.2, -0.15) is 0 Å². The van der Waals surface area contributed by atoms with Gasteiger partial charge in [-0.15, -0.1) is 22.7 Å². The van der Waals surface area contributed by atoms with Crippen molar-refractivity contribution in [1.29, 1.82) is 0 Å². The standard InChI is InChI=1S/C16H21N3OS2/c1-11-4-2-6-19(13(11)9-17)15(20)8-12-10-22-16(18-12)14-5-3-7-21-14/h3,5,7,10-11,13H,2,4,6,8-9,17H2,1H3/t11-,13-/m0/s1. The molecule has 0 spiro atoms. The minimum Gasteiger partial charge on any atom is -0.338 e. The quantitative estimate of drug-likeness (QED) is 0.934. The highest BCUT2D eigenvalue weighted by atomic mass is 32.1. The maximum atomic E-state index is 12.6. The maximum absolute atomic E-state index is 12.6. The van der Waals surface area contributed by atoms with Gasteiger partial charge in [0.2, 0.25) is 5.91 Å². The summed E-state index contributed by atoms with van der Waals surface area (Å²) in [5.74, 6) is 0.643. The van der Waals surface area contributed by atoms with Crippen LogP contribution in [-0.4, -0.2) is 34.9 Å². The number of carbonyl (C=O) groups excluding carboxylic acids is 1. The third-order valence-corrected chi connectivity index (χ3v) is 6.22. The third kappa shape index (κ3) is 3.24. The number of amides is 1. The summed E-state index contributed by atoms with van der Waals surface area (Å²) in [4.78, 5) is 20.4. The van der Waals surface area contributed by atoms with Crippen molar-refractivity contribution in [2.75, 3.05) is 13.1 Å². The van der Waals surface area contributed by atoms with Crippen molar-refractivity contribution in [2.24, 2.45) is 11.7 Å². The smallest absolute Gasteiger partial charge is 0.228 e. The van der Waals surface area contributed by atoms with Gasteiger partial charge in [0, 0.05) is 24.5 Å². The molecule has 6 heteroatoms. The highest BCUT2D eigenvalue weighted by molar-refractivity contribution is 7.20. The maximum Gasteiger partial charge on any atom is 0.228 e. The van der Waals surface area contributed by atoms with E-state index in [0.29, 0.717) is 18.9 Å². The Labute approximate surface area is 139 Å². The zero-order valence-corrected chi connectivity index (χ0v) is 14.3. The number of nitrogens with zero attached hydrogens (tertiary/aromatic N) is 2. The number of hydrogen-bond acceptors (Lipinski definition) is 5. The molecule has 2 atom stereocenters. The molecular weight excluding hydrogens is 314 g/mol. The molecular formula is C16H21N3OS2. The second-order valence-electron chi connectivity index (χ2n) is 5.81. The van der Waals surface area contributed by atoms with Crippen LogP contribution in [-0.2, 0) is 11.2 Å². The lowest BCUT2D eigenvalue weighted by Crippen LogP contribution is -2.51. The number of nitrogens with two attached hydrogens (primary N) is 1. The lowest BCUT2D eigenvalue weighted by molar-refractivity contribution is -0.135. The molecule has 3 rings (SSSR count). The van der Waals surface area contributed by atoms with Crippen LogP contribution in [0.1, 0.15) is 25.5 Å². The fourth-order valence-corrected chi connectivity index (χ4v) is 4.71. The van der Waals surface area contributed by atoms with Gasteiger partial charge < -0.3 is 10.6 Å². The number of carbonyl (C=O) groups is 1. The van der Waals surface area contributed by atoms with E-state index >= 15 is 0 Å². The molecule has 22 heavy (non-hydrogen) atoms. The Bertz CT molecular complexity index is 623. The van der Waals surface area contributed by atoms with Crippen LogP contribution in [0.4, 0.5) is 0 Å². The van der Waals surface area contributed by atoms with Crippen molar-refractivity contribution in [2.45, 2.75) is 32.2 Å². The summed E-state index contributed by atoms with van der Waals surface area (Å²) in [5, 5.41) is 5.04. The predicted octanol–water partition coefficient (Wildman–Crippen LogP) is 3.00. The molecule has 3 heterocycles. The fraction of sp³-hybridized carbons (Fsp3) is 0.500. The van der Waals surface area contributed by atoms with Crippen LogP contribution in [0.5, 0.6) is 0 Å². The van der Waals surface area contributed by atoms with Crippen LogP contribution >= 0.6 is 22.7 Å². The predicted molar refractivity (Wildman–Crippen MR) is 92.1 cm³/mol. The number of hydrogen-bond donors (Lipinski definition) is 1. The molecule has 2 N–H and O–H groups in total. The molecule has 1 fully saturated rings. The summed E-state index contributed by atoms with van der Waals surface area (Å²) in [6.07, 6.45) is 2.61. The van der Waals surface area contributed by atoms with E-state index in [9.17, 15) is 4.79 Å². The minimum absolute atomic E-state index is 0.157. The molecule has 1 saturated heterocycles. The number of piperidine rings is 1. The van der Waals surface area contributed by atoms with Gasteiger partial charge in [-0.3, -0.25) is 4.79 Å². The Morgan fingerprint density at radius 3 is 3.09 bits per heavy atom. The van der Waals surface area contributed by atoms with Crippen LogP contribution < -0.4 is 5.73 Å². The van der Waals surface area contributed by atoms with Gasteiger partial charge >= 0.3 is 0 Å². The first-order chi connectivity index (χ1) is 10.7. The molecule has 118 valence electrons. The zero-order valence-electron chi connectivity index (χ0n) is 12.7. The van der Waals surface area contributed by atoms with Crippen LogP contribution in [0.2, 0.25) is 0 Å². The second kappa shape index (κ2) is 6.89. The molecule has 0 unspecified atom stereocenters. The molecule has 4 nitrogen and oxygen atoms in total. The molecule has 1 amide bonds. The topological polar surface area (TPSA) is 59.2 Å². The fourth-order valence-electron chi connectivity index (χ4n) is 3.08. The SMILES string of the molecule is C[C@H]1CCCN(C(=O)Cc2csc(-c3cccs3)n2)[C@H]1CN. The molecule has 0 aromatic carbocycles. The van der Waals surface area contributed by atoms with Crippen molar-refractivity contribution < 1.29 is 4.79 Å². The Hall–Kier alpha value is -1.24. The average Bonchev–Trinajstić information content (AvgIpc) is 3.17. The van der Waals surface area contributed by atoms with Crippen LogP contribution in [0, 0.1) is 5.92 Å². The summed E-state index contributed by atoms with van der Waals surface area (Å²) in [5.41, 5.74) is 6.75. The molecule has 0 radical (unpaired) electrons. The highest BCUT2D eigenvalue weighted by Gasteiger charge is 2.30. The first kappa shape index (κ1) is 15.6. The number of rotatable bonds is 4. The van der Waals surface area contributed by atoms with E-state index in [4.69, 9.17) is 5.73 Å². The first-order valence-corrected chi connectivity index (χ1v) is 9.42. The summed E-state index contributed by atoms with van der Waals surface area (Å²) < 4.78 is 0. The van der Waals surface area contributed by atoms with Crippen molar-refractivity contribution in [1.82, 2.24) is 9.88 Å². The third-order valence-electron chi connectivity index (χ3n) is 4.29. The van der Waals surface area contributed by atoms with Gasteiger partial charge in [-0.25, -0.2) is 4.98 Å². The first-order valence-electron chi connectivity index (χ1n) is 7.67. The van der Waals surface area contributed by atoms with Crippen molar-refractivity contribution in [3.05, 3.63) is 28.6 Å². The van der Waals surface area contributed by atoms with E-state index in [1.54, 1.807) is 22.7 Å². The molecule has 2 aromatic rings. The second-order valence-corrected chi connectivity index (χ2v) is 7.61. The van der Waals surface area contributed by atoms with Crippen molar-refractivity contribution in [3.63, 3.8) is 0 Å². The van der Waals surface area contributed by atoms with Gasteiger partial charge in [0.1, 0.15) is 5.01 Å². The Balaban J connectivity index is 1.69. The van der Waals surface area contributed by atoms with Crippen molar-refractivity contribution in [3.8, 4) is 9.88 Å². The summed E-state index contributed by atoms with van der Waals surface area (Å²) in [6.45, 7) is 3.56. The normalized spacial score (nSPS) is 22.0. The van der Waals surface area contributed by atoms with E-state index in [2.05, 4.69) is 18.0 Å². The number of thiazole rings is 1. The number of thiophene rings is 1. The van der Waals surface area contributed by atoms with Gasteiger partial charge in [0.05, 0.1) is 17.0 Å². The molecule has 0 saturated carbocycles. The van der Waals surface area contributed by atoms with Crippen LogP contribution in [0.25, 0.3) is 9.88 Å². The monoisotopic (exact) mass is 335 g/mol. The minimum atomic E-state index is 0.157. The summed E-state index contributed by atoms with van der Waals surface area (Å²) >= 11 is 3.28. The average molecular weight is 335 g/mol. The lowest BCUT2D eigenvalue weighted by atomic mass is 9.90. The summed E-state index contributed by atoms with van der Waals surface area (Å²) in [7, 11) is 0. The Kier molecular flexibility index (Phi) is 4.90. The molecule has 0 bridgehead atoms. The molecule has 0 aliphatic carbocycles. The van der Waals surface area contributed by atoms with Gasteiger partial charge in [-0.05, 0) is 30.2 Å². The van der Waals surface area contributed by atoms with Gasteiger partial charge in [-0.1, -0.05) is 13.0 Å². The van der Waals surface area contributed by atoms with Gasteiger partial charge in [0.25, 0.3) is 0 Å². The lowest BCUT2D eigenvalue weighted by Gasteiger charge is -2.39. The van der Waals surface area contributed by atoms with E-state index in [1.807, 2.05) is 21.7 Å². The van der Waals surface area contributed by atoms with E-state index < -0.39 is 0 Å². The van der Waals surface area contributed by atoms with E-state index in [0.717, 1.165) is 35.0 Å². The van der Waals surface area contributed by atoms with Gasteiger partial charge in [0.15, 0.2) is 0 Å². The largest absolute Gasteiger partial charge is 0.338 e. The molecule has 1 aliphatic heterocycles. The van der Waals surface area contributed by atoms with E-state index in [1.165, 1.54) is 0 Å². The van der Waals surface area contributed by atoms with Crippen LogP contribution in [0.15, 0.2) is 22.9 Å². The van der Waals surface area contributed by atoms with Crippen molar-refractivity contribution >= 4 is 28.6 Å². The summed E-state index contributed by atoms with van der Waals surface area (Å²) in [6, 6.07) is 4.26. The molecule has 1 aliphatic rings.